The Morgan fingerprint density at radius 2 is 2.39 bits per heavy atom. The average molecular weight is 267 g/mol. The predicted octanol–water partition coefficient (Wildman–Crippen LogP) is 1.95. The predicted molar refractivity (Wildman–Crippen MR) is 74.2 cm³/mol. The summed E-state index contributed by atoms with van der Waals surface area (Å²) >= 11 is 1.81. The number of ether oxygens (including phenoxy) is 1. The largest absolute Gasteiger partial charge is 0.384 e. The van der Waals surface area contributed by atoms with Gasteiger partial charge in [0, 0.05) is 37.0 Å². The third-order valence-corrected chi connectivity index (χ3v) is 5.23. The van der Waals surface area contributed by atoms with E-state index in [-0.39, 0.29) is 6.04 Å². The Kier molecular flexibility index (Phi) is 3.54. The third kappa shape index (κ3) is 2.27. The highest BCUT2D eigenvalue weighted by atomic mass is 32.1. The van der Waals surface area contributed by atoms with Crippen LogP contribution in [0.2, 0.25) is 0 Å². The molecular formula is C13H21N3OS. The standard InChI is InChI=1S/C13H21N3OS/c1-17-8-9-5-6-16(7-9)13-15-11-4-2-3-10(14)12(11)18-13/h9-10H,2-8,14H2,1H3. The van der Waals surface area contributed by atoms with E-state index in [1.807, 2.05) is 11.3 Å². The van der Waals surface area contributed by atoms with Crippen molar-refractivity contribution in [3.8, 4) is 0 Å². The molecule has 2 atom stereocenters. The molecule has 4 nitrogen and oxygen atoms in total. The van der Waals surface area contributed by atoms with E-state index in [1.54, 1.807) is 7.11 Å². The van der Waals surface area contributed by atoms with Gasteiger partial charge in [-0.25, -0.2) is 4.98 Å². The van der Waals surface area contributed by atoms with Crippen molar-refractivity contribution < 1.29 is 4.74 Å². The molecule has 2 aliphatic rings. The number of aromatic nitrogens is 1. The van der Waals surface area contributed by atoms with Crippen molar-refractivity contribution in [3.63, 3.8) is 0 Å². The maximum Gasteiger partial charge on any atom is 0.185 e. The monoisotopic (exact) mass is 267 g/mol. The molecule has 2 heterocycles. The highest BCUT2D eigenvalue weighted by Gasteiger charge is 2.28. The number of thiazole rings is 1. The SMILES string of the molecule is COCC1CCN(c2nc3c(s2)C(N)CCC3)C1. The maximum atomic E-state index is 6.17. The number of nitrogens with zero attached hydrogens (tertiary/aromatic N) is 2. The third-order valence-electron chi connectivity index (χ3n) is 3.94. The van der Waals surface area contributed by atoms with Gasteiger partial charge in [-0.15, -0.1) is 0 Å². The Morgan fingerprint density at radius 3 is 3.17 bits per heavy atom. The molecule has 0 spiro atoms. The van der Waals surface area contributed by atoms with Gasteiger partial charge in [0.15, 0.2) is 5.13 Å². The summed E-state index contributed by atoms with van der Waals surface area (Å²) in [5.41, 5.74) is 7.42. The Hall–Kier alpha value is -0.650. The van der Waals surface area contributed by atoms with Crippen LogP contribution in [0, 0.1) is 5.92 Å². The van der Waals surface area contributed by atoms with E-state index in [4.69, 9.17) is 15.5 Å². The first-order chi connectivity index (χ1) is 8.78. The number of anilines is 1. The fourth-order valence-corrected chi connectivity index (χ4v) is 4.14. The summed E-state index contributed by atoms with van der Waals surface area (Å²) in [7, 11) is 1.78. The summed E-state index contributed by atoms with van der Waals surface area (Å²) in [6, 6.07) is 0.220. The lowest BCUT2D eigenvalue weighted by molar-refractivity contribution is 0.161. The molecule has 0 aromatic carbocycles. The van der Waals surface area contributed by atoms with Crippen molar-refractivity contribution in [2.45, 2.75) is 31.7 Å². The van der Waals surface area contributed by atoms with Crippen molar-refractivity contribution in [2.75, 3.05) is 31.7 Å². The molecule has 2 N–H and O–H groups in total. The summed E-state index contributed by atoms with van der Waals surface area (Å²) in [5, 5.41) is 1.18. The van der Waals surface area contributed by atoms with Crippen molar-refractivity contribution in [3.05, 3.63) is 10.6 Å². The van der Waals surface area contributed by atoms with Gasteiger partial charge in [-0.2, -0.15) is 0 Å². The number of fused-ring (bicyclic) bond motifs is 1. The van der Waals surface area contributed by atoms with Crippen LogP contribution in [0.3, 0.4) is 0 Å². The van der Waals surface area contributed by atoms with Gasteiger partial charge in [0.1, 0.15) is 0 Å². The molecule has 1 aliphatic heterocycles. The van der Waals surface area contributed by atoms with Crippen LogP contribution in [-0.2, 0) is 11.2 Å². The minimum absolute atomic E-state index is 0.220. The Morgan fingerprint density at radius 1 is 1.50 bits per heavy atom. The van der Waals surface area contributed by atoms with Crippen LogP contribution in [0.4, 0.5) is 5.13 Å². The number of methoxy groups -OCH3 is 1. The number of nitrogens with two attached hydrogens (primary N) is 1. The topological polar surface area (TPSA) is 51.4 Å². The van der Waals surface area contributed by atoms with Crippen LogP contribution in [0.25, 0.3) is 0 Å². The van der Waals surface area contributed by atoms with Crippen LogP contribution in [0.5, 0.6) is 0 Å². The Balaban J connectivity index is 1.74. The smallest absolute Gasteiger partial charge is 0.185 e. The lowest BCUT2D eigenvalue weighted by atomic mass is 9.99. The normalized spacial score (nSPS) is 27.6. The van der Waals surface area contributed by atoms with Gasteiger partial charge in [0.2, 0.25) is 0 Å². The molecule has 1 aromatic rings. The number of hydrogen-bond donors (Lipinski definition) is 1. The zero-order valence-corrected chi connectivity index (χ0v) is 11.7. The molecule has 1 fully saturated rings. The second kappa shape index (κ2) is 5.15. The molecule has 1 saturated heterocycles. The van der Waals surface area contributed by atoms with Crippen molar-refractivity contribution >= 4 is 16.5 Å². The number of rotatable bonds is 3. The van der Waals surface area contributed by atoms with E-state index < -0.39 is 0 Å². The molecule has 100 valence electrons. The highest BCUT2D eigenvalue weighted by Crippen LogP contribution is 2.37. The molecule has 2 unspecified atom stereocenters. The summed E-state index contributed by atoms with van der Waals surface area (Å²) in [5.74, 6) is 0.657. The molecule has 0 amide bonds. The molecule has 0 saturated carbocycles. The van der Waals surface area contributed by atoms with E-state index in [2.05, 4.69) is 4.90 Å². The van der Waals surface area contributed by atoms with Gasteiger partial charge in [0.25, 0.3) is 0 Å². The summed E-state index contributed by atoms with van der Waals surface area (Å²) < 4.78 is 5.24. The first kappa shape index (κ1) is 12.4. The zero-order chi connectivity index (χ0) is 12.5. The second-order valence-electron chi connectivity index (χ2n) is 5.36. The van der Waals surface area contributed by atoms with Gasteiger partial charge in [-0.3, -0.25) is 0 Å². The zero-order valence-electron chi connectivity index (χ0n) is 10.9. The molecule has 18 heavy (non-hydrogen) atoms. The van der Waals surface area contributed by atoms with Gasteiger partial charge < -0.3 is 15.4 Å². The Labute approximate surface area is 112 Å². The van der Waals surface area contributed by atoms with E-state index in [0.717, 1.165) is 32.5 Å². The maximum absolute atomic E-state index is 6.17. The number of hydrogen-bond acceptors (Lipinski definition) is 5. The first-order valence-electron chi connectivity index (χ1n) is 6.77. The van der Waals surface area contributed by atoms with Gasteiger partial charge >= 0.3 is 0 Å². The molecule has 3 rings (SSSR count). The van der Waals surface area contributed by atoms with Crippen molar-refractivity contribution in [2.24, 2.45) is 11.7 Å². The molecule has 5 heteroatoms. The van der Waals surface area contributed by atoms with E-state index in [0.29, 0.717) is 5.92 Å². The fraction of sp³-hybridized carbons (Fsp3) is 0.769. The molecule has 0 bridgehead atoms. The highest BCUT2D eigenvalue weighted by molar-refractivity contribution is 7.15. The summed E-state index contributed by atoms with van der Waals surface area (Å²) in [4.78, 5) is 8.53. The van der Waals surface area contributed by atoms with E-state index >= 15 is 0 Å². The van der Waals surface area contributed by atoms with Gasteiger partial charge in [0.05, 0.1) is 12.3 Å². The molecule has 0 radical (unpaired) electrons. The van der Waals surface area contributed by atoms with Gasteiger partial charge in [-0.1, -0.05) is 11.3 Å². The second-order valence-corrected chi connectivity index (χ2v) is 6.37. The summed E-state index contributed by atoms with van der Waals surface area (Å²) in [6.45, 7) is 3.05. The van der Waals surface area contributed by atoms with Crippen LogP contribution < -0.4 is 10.6 Å². The molecular weight excluding hydrogens is 246 g/mol. The average Bonchev–Trinajstić information content (AvgIpc) is 2.96. The van der Waals surface area contributed by atoms with Crippen molar-refractivity contribution in [1.29, 1.82) is 0 Å². The molecule has 1 aromatic heterocycles. The van der Waals surface area contributed by atoms with Crippen LogP contribution >= 0.6 is 11.3 Å². The Bertz CT molecular complexity index is 420. The van der Waals surface area contributed by atoms with Crippen LogP contribution in [0.15, 0.2) is 0 Å². The van der Waals surface area contributed by atoms with E-state index in [9.17, 15) is 0 Å². The first-order valence-corrected chi connectivity index (χ1v) is 7.58. The lowest BCUT2D eigenvalue weighted by Gasteiger charge is -2.15. The lowest BCUT2D eigenvalue weighted by Crippen LogP contribution is -2.20. The van der Waals surface area contributed by atoms with Crippen molar-refractivity contribution in [1.82, 2.24) is 4.98 Å². The minimum Gasteiger partial charge on any atom is -0.384 e. The quantitative estimate of drug-likeness (QED) is 0.909. The van der Waals surface area contributed by atoms with Crippen LogP contribution in [0.1, 0.15) is 35.9 Å². The number of aryl methyl sites for hydroxylation is 1. The van der Waals surface area contributed by atoms with Crippen LogP contribution in [-0.4, -0.2) is 31.8 Å². The van der Waals surface area contributed by atoms with E-state index in [1.165, 1.54) is 28.5 Å². The molecule has 1 aliphatic carbocycles. The minimum atomic E-state index is 0.220. The summed E-state index contributed by atoms with van der Waals surface area (Å²) in [6.07, 6.45) is 4.61. The van der Waals surface area contributed by atoms with Gasteiger partial charge in [-0.05, 0) is 25.7 Å². The fourth-order valence-electron chi connectivity index (χ4n) is 2.95.